The van der Waals surface area contributed by atoms with Crippen LogP contribution in [0, 0.1) is 117 Å². The molecule has 0 spiro atoms. The number of rotatable bonds is 4. The van der Waals surface area contributed by atoms with Gasteiger partial charge in [0.2, 0.25) is 11.6 Å². The number of nitrogens with zero attached hydrogens (tertiary/aromatic N) is 6. The second-order valence-corrected chi connectivity index (χ2v) is 10.8. The van der Waals surface area contributed by atoms with Crippen molar-refractivity contribution < 1.29 is 43.9 Å². The Morgan fingerprint density at radius 3 is 0.944 bits per heavy atom. The average molecular weight is 739 g/mol. The summed E-state index contributed by atoms with van der Waals surface area (Å²) in [6.07, 6.45) is 0. The number of hydrogen-bond acceptors (Lipinski definition) is 4. The Bertz CT molecular complexity index is 2630. The predicted octanol–water partition coefficient (Wildman–Crippen LogP) is 8.59. The summed E-state index contributed by atoms with van der Waals surface area (Å²) in [7, 11) is 0. The maximum atomic E-state index is 14.9. The molecule has 54 heavy (non-hydrogen) atoms. The molecule has 5 aromatic carbocycles. The molecule has 0 aromatic heterocycles. The number of hydrogen-bond donors (Lipinski definition) is 0. The van der Waals surface area contributed by atoms with Gasteiger partial charge in [0.05, 0.1) is 59.7 Å². The highest BCUT2D eigenvalue weighted by Crippen LogP contribution is 2.36. The van der Waals surface area contributed by atoms with Crippen LogP contribution in [0.3, 0.4) is 0 Å². The van der Waals surface area contributed by atoms with Gasteiger partial charge >= 0.3 is 0 Å². The molecule has 0 aliphatic carbocycles. The Morgan fingerprint density at radius 2 is 0.685 bits per heavy atom. The highest BCUT2D eigenvalue weighted by atomic mass is 19.2. The summed E-state index contributed by atoms with van der Waals surface area (Å²) in [6.45, 7) is 15.2. The van der Waals surface area contributed by atoms with Crippen LogP contribution < -0.4 is 10.4 Å². The van der Waals surface area contributed by atoms with Crippen LogP contribution in [-0.2, 0) is 0 Å². The van der Waals surface area contributed by atoms with Crippen LogP contribution in [0.2, 0.25) is 0 Å². The summed E-state index contributed by atoms with van der Waals surface area (Å²) >= 11 is 0. The van der Waals surface area contributed by atoms with Crippen molar-refractivity contribution in [3.05, 3.63) is 151 Å². The molecule has 0 radical (unpaired) electrons. The van der Waals surface area contributed by atoms with Crippen LogP contribution in [0.5, 0.6) is 0 Å². The molecule has 0 aliphatic heterocycles. The molecule has 0 saturated heterocycles. The molecule has 0 atom stereocenters. The number of nitriles is 4. The van der Waals surface area contributed by atoms with Crippen LogP contribution in [0.15, 0.2) is 48.5 Å². The molecule has 0 saturated carbocycles. The molecule has 5 rings (SSSR count). The van der Waals surface area contributed by atoms with Crippen LogP contribution >= 0.6 is 0 Å². The van der Waals surface area contributed by atoms with E-state index in [1.54, 1.807) is 24.3 Å². The Morgan fingerprint density at radius 1 is 0.407 bits per heavy atom. The fourth-order valence-corrected chi connectivity index (χ4v) is 5.46. The van der Waals surface area contributed by atoms with E-state index in [0.29, 0.717) is 0 Å². The zero-order chi connectivity index (χ0) is 39.8. The summed E-state index contributed by atoms with van der Waals surface area (Å²) in [5.74, 6) is -23.3. The third-order valence-electron chi connectivity index (χ3n) is 7.85. The van der Waals surface area contributed by atoms with E-state index in [0.717, 1.165) is 48.5 Å². The Hall–Kier alpha value is -7.92. The SMILES string of the molecule is [C-]#[N+]/C(C#N)=c1/cc(-c2cc(C#N)cc(-c3c(F)c(F)c(F)c(F)c3F)c2)/c(=C(\C#N)[N+]#[C-])cc1-c1cc(C#N)cc(-c2c(F)c(F)c(F)c(F)c2F)c1. The van der Waals surface area contributed by atoms with Gasteiger partial charge in [0.1, 0.15) is 0 Å². The van der Waals surface area contributed by atoms with E-state index in [-0.39, 0.29) is 22.3 Å². The summed E-state index contributed by atoms with van der Waals surface area (Å²) in [6, 6.07) is 13.5. The van der Waals surface area contributed by atoms with Crippen molar-refractivity contribution in [3.8, 4) is 68.8 Å². The molecule has 260 valence electrons. The van der Waals surface area contributed by atoms with Crippen molar-refractivity contribution in [1.82, 2.24) is 0 Å². The molecule has 0 N–H and O–H groups in total. The highest BCUT2D eigenvalue weighted by Gasteiger charge is 2.29. The quantitative estimate of drug-likeness (QED) is 0.0798. The third-order valence-corrected chi connectivity index (χ3v) is 7.85. The van der Waals surface area contributed by atoms with Crippen LogP contribution in [-0.4, -0.2) is 0 Å². The molecular formula is C38H8F10N6. The van der Waals surface area contributed by atoms with E-state index in [1.807, 2.05) is 0 Å². The van der Waals surface area contributed by atoms with E-state index in [4.69, 9.17) is 13.1 Å². The van der Waals surface area contributed by atoms with Gasteiger partial charge in [0.15, 0.2) is 46.5 Å². The molecule has 5 aromatic rings. The molecule has 0 bridgehead atoms. The standard InChI is InChI=1S/C38H8F10N6/c1-53-25(13-51)23-9-22(18-4-16(12-50)6-20(8-18)28-31(41)35(45)38(48)36(46)32(28)42)24(26(14-52)54-2)10-21(23)17-3-15(11-49)5-19(7-17)27-29(39)33(43)37(47)34(44)30(27)40/h3-10H/b25-23-,26-24+. The van der Waals surface area contributed by atoms with Crippen molar-refractivity contribution in [2.75, 3.05) is 0 Å². The fourth-order valence-electron chi connectivity index (χ4n) is 5.46. The molecule has 0 unspecified atom stereocenters. The minimum atomic E-state index is -2.47. The van der Waals surface area contributed by atoms with Gasteiger partial charge in [-0.1, -0.05) is 12.1 Å². The van der Waals surface area contributed by atoms with Gasteiger partial charge in [0.25, 0.3) is 11.4 Å². The smallest absolute Gasteiger partial charge is 0.226 e. The van der Waals surface area contributed by atoms with E-state index in [1.165, 1.54) is 0 Å². The van der Waals surface area contributed by atoms with Crippen LogP contribution in [0.25, 0.3) is 65.6 Å². The maximum Gasteiger partial charge on any atom is 0.269 e. The largest absolute Gasteiger partial charge is 0.269 e. The fraction of sp³-hybridized carbons (Fsp3) is 0. The van der Waals surface area contributed by atoms with Crippen molar-refractivity contribution in [2.45, 2.75) is 0 Å². The lowest BCUT2D eigenvalue weighted by atomic mass is 9.89. The number of halogens is 10. The Kier molecular flexibility index (Phi) is 9.93. The first-order chi connectivity index (χ1) is 25.7. The van der Waals surface area contributed by atoms with Gasteiger partial charge in [0, 0.05) is 0 Å². The van der Waals surface area contributed by atoms with Gasteiger partial charge in [-0.15, -0.1) is 0 Å². The lowest BCUT2D eigenvalue weighted by Crippen LogP contribution is -2.19. The van der Waals surface area contributed by atoms with Gasteiger partial charge in [-0.3, -0.25) is 0 Å². The second kappa shape index (κ2) is 14.4. The van der Waals surface area contributed by atoms with Crippen LogP contribution in [0.1, 0.15) is 11.1 Å². The van der Waals surface area contributed by atoms with Crippen molar-refractivity contribution in [2.24, 2.45) is 0 Å². The van der Waals surface area contributed by atoms with Gasteiger partial charge in [-0.2, -0.15) is 10.5 Å². The molecule has 0 heterocycles. The summed E-state index contributed by atoms with van der Waals surface area (Å²) in [5.41, 5.74) is -8.20. The molecular weight excluding hydrogens is 730 g/mol. The van der Waals surface area contributed by atoms with E-state index in [9.17, 15) is 65.0 Å². The number of benzene rings is 5. The monoisotopic (exact) mass is 738 g/mol. The summed E-state index contributed by atoms with van der Waals surface area (Å²) in [5, 5.41) is 38.4. The van der Waals surface area contributed by atoms with Gasteiger partial charge in [-0.25, -0.2) is 64.1 Å². The molecule has 0 aliphatic rings. The minimum Gasteiger partial charge on any atom is -0.226 e. The van der Waals surface area contributed by atoms with Crippen molar-refractivity contribution >= 4 is 11.4 Å². The highest BCUT2D eigenvalue weighted by molar-refractivity contribution is 5.86. The van der Waals surface area contributed by atoms with Crippen LogP contribution in [0.4, 0.5) is 43.9 Å². The molecule has 0 fully saturated rings. The summed E-state index contributed by atoms with van der Waals surface area (Å²) in [4.78, 5) is 6.25. The average Bonchev–Trinajstić information content (AvgIpc) is 3.18. The Balaban J connectivity index is 1.98. The lowest BCUT2D eigenvalue weighted by molar-refractivity contribution is 0.381. The first-order valence-electron chi connectivity index (χ1n) is 14.3. The third kappa shape index (κ3) is 6.07. The topological polar surface area (TPSA) is 104 Å². The molecule has 16 heteroatoms. The van der Waals surface area contributed by atoms with Crippen molar-refractivity contribution in [3.63, 3.8) is 0 Å². The van der Waals surface area contributed by atoms with Crippen molar-refractivity contribution in [1.29, 1.82) is 21.0 Å². The van der Waals surface area contributed by atoms with E-state index >= 15 is 0 Å². The first kappa shape index (κ1) is 37.3. The zero-order valence-corrected chi connectivity index (χ0v) is 26.1. The minimum absolute atomic E-state index is 0.331. The molecule has 6 nitrogen and oxygen atoms in total. The zero-order valence-electron chi connectivity index (χ0n) is 26.1. The second-order valence-electron chi connectivity index (χ2n) is 10.8. The maximum absolute atomic E-state index is 14.9. The normalized spacial score (nSPS) is 11.6. The summed E-state index contributed by atoms with van der Waals surface area (Å²) < 4.78 is 144. The van der Waals surface area contributed by atoms with E-state index < -0.39 is 113 Å². The first-order valence-corrected chi connectivity index (χ1v) is 14.3. The van der Waals surface area contributed by atoms with E-state index in [2.05, 4.69) is 9.69 Å². The van der Waals surface area contributed by atoms with Gasteiger partial charge < -0.3 is 0 Å². The molecule has 0 amide bonds. The van der Waals surface area contributed by atoms with Gasteiger partial charge in [-0.05, 0) is 80.2 Å². The predicted molar refractivity (Wildman–Crippen MR) is 168 cm³/mol. The Labute approximate surface area is 296 Å². The lowest BCUT2D eigenvalue weighted by Gasteiger charge is -2.15.